The average molecular weight is 385 g/mol. The Hall–Kier alpha value is -2.08. The second-order valence-electron chi connectivity index (χ2n) is 6.48. The van der Waals surface area contributed by atoms with Crippen molar-refractivity contribution in [2.75, 3.05) is 30.3 Å². The van der Waals surface area contributed by atoms with Crippen LogP contribution < -0.4 is 15.4 Å². The summed E-state index contributed by atoms with van der Waals surface area (Å²) in [5, 5.41) is 0.628. The van der Waals surface area contributed by atoms with Crippen LogP contribution in [0.25, 0.3) is 0 Å². The molecule has 0 aromatic heterocycles. The number of halogens is 4. The Balaban J connectivity index is 1.53. The van der Waals surface area contributed by atoms with Crippen LogP contribution in [0.4, 0.5) is 24.5 Å². The smallest absolute Gasteiger partial charge is 0.416 e. The van der Waals surface area contributed by atoms with Crippen LogP contribution in [0.5, 0.6) is 5.75 Å². The Labute approximate surface area is 155 Å². The van der Waals surface area contributed by atoms with Crippen LogP contribution in [0.2, 0.25) is 5.02 Å². The molecule has 1 heterocycles. The van der Waals surface area contributed by atoms with Gasteiger partial charge >= 0.3 is 6.18 Å². The normalized spacial score (nSPS) is 15.9. The molecule has 0 bridgehead atoms. The van der Waals surface area contributed by atoms with E-state index in [0.29, 0.717) is 23.2 Å². The van der Waals surface area contributed by atoms with E-state index >= 15 is 0 Å². The van der Waals surface area contributed by atoms with Gasteiger partial charge in [0.15, 0.2) is 0 Å². The van der Waals surface area contributed by atoms with Crippen molar-refractivity contribution < 1.29 is 17.9 Å². The third-order valence-corrected chi connectivity index (χ3v) is 4.88. The number of rotatable bonds is 4. The Morgan fingerprint density at radius 3 is 2.50 bits per heavy atom. The molecule has 0 amide bonds. The van der Waals surface area contributed by atoms with Crippen molar-refractivity contribution in [3.05, 3.63) is 53.1 Å². The summed E-state index contributed by atoms with van der Waals surface area (Å²) >= 11 is 6.25. The van der Waals surface area contributed by atoms with Gasteiger partial charge in [0.1, 0.15) is 5.75 Å². The molecule has 0 spiro atoms. The third-order valence-electron chi connectivity index (χ3n) is 4.57. The highest BCUT2D eigenvalue weighted by molar-refractivity contribution is 6.33. The Kier molecular flexibility index (Phi) is 5.51. The van der Waals surface area contributed by atoms with Gasteiger partial charge in [0.25, 0.3) is 0 Å². The predicted octanol–water partition coefficient (Wildman–Crippen LogP) is 5.24. The Bertz CT molecular complexity index is 759. The second-order valence-corrected chi connectivity index (χ2v) is 6.89. The van der Waals surface area contributed by atoms with E-state index in [1.165, 1.54) is 6.07 Å². The van der Waals surface area contributed by atoms with Crippen molar-refractivity contribution in [1.29, 1.82) is 0 Å². The minimum absolute atomic E-state index is 0.254. The van der Waals surface area contributed by atoms with Crippen LogP contribution >= 0.6 is 11.6 Å². The van der Waals surface area contributed by atoms with Gasteiger partial charge < -0.3 is 15.4 Å². The number of hydrogen-bond acceptors (Lipinski definition) is 3. The zero-order chi connectivity index (χ0) is 18.7. The fraction of sp³-hybridized carbons (Fsp3) is 0.368. The molecule has 1 fully saturated rings. The summed E-state index contributed by atoms with van der Waals surface area (Å²) in [6.45, 7) is 2.05. The van der Waals surface area contributed by atoms with Crippen molar-refractivity contribution in [2.45, 2.75) is 19.0 Å². The van der Waals surface area contributed by atoms with E-state index in [1.807, 2.05) is 12.1 Å². The van der Waals surface area contributed by atoms with Gasteiger partial charge in [0.2, 0.25) is 0 Å². The SMILES string of the molecule is Nc1ccc(N2CCC(COc3cccc(C(F)(F)F)c3)CC2)c(Cl)c1. The number of anilines is 2. The van der Waals surface area contributed by atoms with E-state index in [9.17, 15) is 13.2 Å². The quantitative estimate of drug-likeness (QED) is 0.733. The molecule has 3 rings (SSSR count). The summed E-state index contributed by atoms with van der Waals surface area (Å²) < 4.78 is 43.8. The number of ether oxygens (including phenoxy) is 1. The Morgan fingerprint density at radius 1 is 1.12 bits per heavy atom. The summed E-state index contributed by atoms with van der Waals surface area (Å²) in [4.78, 5) is 2.20. The Morgan fingerprint density at radius 2 is 1.85 bits per heavy atom. The van der Waals surface area contributed by atoms with E-state index in [0.717, 1.165) is 43.8 Å². The molecule has 1 saturated heterocycles. The highest BCUT2D eigenvalue weighted by Gasteiger charge is 2.30. The first-order valence-corrected chi connectivity index (χ1v) is 8.81. The molecule has 140 valence electrons. The molecule has 2 aromatic rings. The molecule has 0 radical (unpaired) electrons. The number of piperidine rings is 1. The van der Waals surface area contributed by atoms with Gasteiger partial charge in [-0.1, -0.05) is 17.7 Å². The lowest BCUT2D eigenvalue weighted by molar-refractivity contribution is -0.137. The molecule has 0 saturated carbocycles. The van der Waals surface area contributed by atoms with E-state index < -0.39 is 11.7 Å². The standard InChI is InChI=1S/C19H20ClF3N2O/c20-17-11-15(24)4-5-18(17)25-8-6-13(7-9-25)12-26-16-3-1-2-14(10-16)19(21,22)23/h1-5,10-11,13H,6-9,12,24H2. The zero-order valence-corrected chi connectivity index (χ0v) is 14.9. The first-order valence-electron chi connectivity index (χ1n) is 8.43. The summed E-state index contributed by atoms with van der Waals surface area (Å²) in [6.07, 6.45) is -2.58. The molecule has 2 N–H and O–H groups in total. The van der Waals surface area contributed by atoms with Gasteiger partial charge in [-0.05, 0) is 55.2 Å². The first-order chi connectivity index (χ1) is 12.3. The van der Waals surface area contributed by atoms with Crippen LogP contribution in [-0.2, 0) is 6.18 Å². The van der Waals surface area contributed by atoms with E-state index in [-0.39, 0.29) is 5.75 Å². The van der Waals surface area contributed by atoms with E-state index in [2.05, 4.69) is 4.90 Å². The fourth-order valence-corrected chi connectivity index (χ4v) is 3.40. The van der Waals surface area contributed by atoms with Crippen molar-refractivity contribution >= 4 is 23.0 Å². The molecule has 2 aromatic carbocycles. The van der Waals surface area contributed by atoms with Crippen LogP contribution in [-0.4, -0.2) is 19.7 Å². The third kappa shape index (κ3) is 4.55. The largest absolute Gasteiger partial charge is 0.493 e. The number of alkyl halides is 3. The molecule has 0 unspecified atom stereocenters. The van der Waals surface area contributed by atoms with Gasteiger partial charge in [0.05, 0.1) is 22.9 Å². The topological polar surface area (TPSA) is 38.5 Å². The summed E-state index contributed by atoms with van der Waals surface area (Å²) in [6, 6.07) is 10.5. The van der Waals surface area contributed by atoms with Crippen LogP contribution in [0.15, 0.2) is 42.5 Å². The summed E-state index contributed by atoms with van der Waals surface area (Å²) in [7, 11) is 0. The first kappa shape index (κ1) is 18.7. The van der Waals surface area contributed by atoms with Crippen LogP contribution in [0.1, 0.15) is 18.4 Å². The number of nitrogens with zero attached hydrogens (tertiary/aromatic N) is 1. The number of hydrogen-bond donors (Lipinski definition) is 1. The van der Waals surface area contributed by atoms with Gasteiger partial charge in [0, 0.05) is 18.8 Å². The fourth-order valence-electron chi connectivity index (χ4n) is 3.10. The average Bonchev–Trinajstić information content (AvgIpc) is 2.60. The molecule has 7 heteroatoms. The van der Waals surface area contributed by atoms with E-state index in [1.54, 1.807) is 12.1 Å². The van der Waals surface area contributed by atoms with Crippen molar-refractivity contribution in [3.63, 3.8) is 0 Å². The molecular weight excluding hydrogens is 365 g/mol. The number of benzene rings is 2. The predicted molar refractivity (Wildman–Crippen MR) is 97.7 cm³/mol. The number of nitrogen functional groups attached to an aromatic ring is 1. The maximum Gasteiger partial charge on any atom is 0.416 e. The molecule has 3 nitrogen and oxygen atoms in total. The minimum atomic E-state index is -4.36. The highest BCUT2D eigenvalue weighted by atomic mass is 35.5. The molecule has 1 aliphatic heterocycles. The maximum absolute atomic E-state index is 12.7. The lowest BCUT2D eigenvalue weighted by Gasteiger charge is -2.34. The van der Waals surface area contributed by atoms with E-state index in [4.69, 9.17) is 22.1 Å². The lowest BCUT2D eigenvalue weighted by Crippen LogP contribution is -2.35. The lowest BCUT2D eigenvalue weighted by atomic mass is 9.97. The van der Waals surface area contributed by atoms with Gasteiger partial charge in [-0.15, -0.1) is 0 Å². The van der Waals surface area contributed by atoms with Crippen LogP contribution in [0.3, 0.4) is 0 Å². The van der Waals surface area contributed by atoms with Gasteiger partial charge in [-0.2, -0.15) is 13.2 Å². The number of nitrogens with two attached hydrogens (primary N) is 1. The monoisotopic (exact) mass is 384 g/mol. The van der Waals surface area contributed by atoms with Gasteiger partial charge in [-0.25, -0.2) is 0 Å². The highest BCUT2D eigenvalue weighted by Crippen LogP contribution is 2.33. The summed E-state index contributed by atoms with van der Waals surface area (Å²) in [5.41, 5.74) is 6.61. The molecule has 1 aliphatic rings. The van der Waals surface area contributed by atoms with Gasteiger partial charge in [-0.3, -0.25) is 0 Å². The van der Waals surface area contributed by atoms with Crippen molar-refractivity contribution in [2.24, 2.45) is 5.92 Å². The molecular formula is C19H20ClF3N2O. The van der Waals surface area contributed by atoms with Crippen molar-refractivity contribution in [3.8, 4) is 5.75 Å². The molecule has 0 aliphatic carbocycles. The second kappa shape index (κ2) is 7.66. The summed E-state index contributed by atoms with van der Waals surface area (Å²) in [5.74, 6) is 0.553. The van der Waals surface area contributed by atoms with Crippen molar-refractivity contribution in [1.82, 2.24) is 0 Å². The zero-order valence-electron chi connectivity index (χ0n) is 14.1. The maximum atomic E-state index is 12.7. The molecule has 0 atom stereocenters. The molecule has 26 heavy (non-hydrogen) atoms. The minimum Gasteiger partial charge on any atom is -0.493 e. The van der Waals surface area contributed by atoms with Crippen LogP contribution in [0, 0.1) is 5.92 Å².